The first-order valence-corrected chi connectivity index (χ1v) is 8.59. The van der Waals surface area contributed by atoms with Crippen LogP contribution in [0, 0.1) is 0 Å². The minimum atomic E-state index is -0.595. The second kappa shape index (κ2) is 6.29. The zero-order chi connectivity index (χ0) is 18.3. The average Bonchev–Trinajstić information content (AvgIpc) is 2.93. The van der Waals surface area contributed by atoms with E-state index in [9.17, 15) is 9.59 Å². The molecule has 1 saturated heterocycles. The van der Waals surface area contributed by atoms with E-state index < -0.39 is 5.91 Å². The predicted molar refractivity (Wildman–Crippen MR) is 98.2 cm³/mol. The van der Waals surface area contributed by atoms with Crippen LogP contribution in [0.5, 0.6) is 0 Å². The van der Waals surface area contributed by atoms with Crippen LogP contribution in [0.15, 0.2) is 41.5 Å². The molecule has 3 heterocycles. The molecule has 134 valence electrons. The topological polar surface area (TPSA) is 99.0 Å². The first kappa shape index (κ1) is 16.3. The molecule has 0 saturated carbocycles. The number of benzene rings is 1. The predicted octanol–water partition coefficient (Wildman–Crippen LogP) is 1.07. The summed E-state index contributed by atoms with van der Waals surface area (Å²) in [5.41, 5.74) is 7.23. The molecule has 0 aliphatic carbocycles. The van der Waals surface area contributed by atoms with Gasteiger partial charge >= 0.3 is 5.69 Å². The molecule has 0 spiro atoms. The summed E-state index contributed by atoms with van der Waals surface area (Å²) < 4.78 is 3.57. The summed E-state index contributed by atoms with van der Waals surface area (Å²) in [6.07, 6.45) is 4.83. The number of amides is 1. The van der Waals surface area contributed by atoms with Crippen molar-refractivity contribution >= 4 is 22.8 Å². The number of hydrogen-bond donors (Lipinski definition) is 1. The van der Waals surface area contributed by atoms with Gasteiger partial charge in [0.05, 0.1) is 29.5 Å². The Morgan fingerprint density at radius 2 is 1.96 bits per heavy atom. The Hall–Kier alpha value is -3.16. The molecule has 8 nitrogen and oxygen atoms in total. The molecule has 1 aliphatic heterocycles. The van der Waals surface area contributed by atoms with E-state index in [1.165, 1.54) is 6.20 Å². The highest BCUT2D eigenvalue weighted by Crippen LogP contribution is 2.26. The summed E-state index contributed by atoms with van der Waals surface area (Å²) in [5, 5.41) is 0. The second-order valence-electron chi connectivity index (χ2n) is 6.57. The van der Waals surface area contributed by atoms with Gasteiger partial charge in [-0.05, 0) is 25.0 Å². The van der Waals surface area contributed by atoms with Gasteiger partial charge in [0, 0.05) is 20.1 Å². The van der Waals surface area contributed by atoms with Crippen LogP contribution in [-0.2, 0) is 7.05 Å². The van der Waals surface area contributed by atoms with Crippen LogP contribution in [0.3, 0.4) is 0 Å². The van der Waals surface area contributed by atoms with Gasteiger partial charge in [-0.1, -0.05) is 12.1 Å². The van der Waals surface area contributed by atoms with Gasteiger partial charge in [-0.2, -0.15) is 0 Å². The van der Waals surface area contributed by atoms with E-state index in [1.807, 2.05) is 28.8 Å². The summed E-state index contributed by atoms with van der Waals surface area (Å²) in [5.74, 6) is 0.0934. The number of nitrogens with zero attached hydrogens (tertiary/aromatic N) is 5. The van der Waals surface area contributed by atoms with Crippen LogP contribution in [-0.4, -0.2) is 38.1 Å². The van der Waals surface area contributed by atoms with Crippen LogP contribution in [0.25, 0.3) is 11.0 Å². The van der Waals surface area contributed by atoms with Gasteiger partial charge in [0.25, 0.3) is 5.91 Å². The molecule has 0 bridgehead atoms. The molecule has 26 heavy (non-hydrogen) atoms. The number of aromatic nitrogens is 4. The SMILES string of the molecule is Cn1c(=O)n(C2CCCN(c3cnc(C(N)=O)cn3)C2)c2ccccc21. The Balaban J connectivity index is 1.66. The molecule has 1 atom stereocenters. The quantitative estimate of drug-likeness (QED) is 0.760. The summed E-state index contributed by atoms with van der Waals surface area (Å²) in [7, 11) is 1.80. The molecule has 3 aromatic rings. The Morgan fingerprint density at radius 3 is 2.65 bits per heavy atom. The van der Waals surface area contributed by atoms with Gasteiger partial charge in [-0.15, -0.1) is 0 Å². The van der Waals surface area contributed by atoms with E-state index in [2.05, 4.69) is 14.9 Å². The largest absolute Gasteiger partial charge is 0.364 e. The molecular weight excluding hydrogens is 332 g/mol. The Kier molecular flexibility index (Phi) is 3.95. The van der Waals surface area contributed by atoms with Gasteiger partial charge in [0.2, 0.25) is 0 Å². The number of primary amides is 1. The van der Waals surface area contributed by atoms with E-state index in [0.717, 1.165) is 30.4 Å². The highest BCUT2D eigenvalue weighted by molar-refractivity contribution is 5.90. The molecule has 1 aliphatic rings. The number of aryl methyl sites for hydroxylation is 1. The zero-order valence-electron chi connectivity index (χ0n) is 14.5. The Bertz CT molecular complexity index is 1020. The van der Waals surface area contributed by atoms with Gasteiger partial charge in [-0.3, -0.25) is 13.9 Å². The number of fused-ring (bicyclic) bond motifs is 1. The smallest absolute Gasteiger partial charge is 0.329 e. The number of anilines is 1. The minimum Gasteiger partial charge on any atom is -0.364 e. The normalized spacial score (nSPS) is 17.6. The monoisotopic (exact) mass is 352 g/mol. The second-order valence-corrected chi connectivity index (χ2v) is 6.57. The Labute approximate surface area is 149 Å². The lowest BCUT2D eigenvalue weighted by Crippen LogP contribution is -2.40. The number of nitrogens with two attached hydrogens (primary N) is 1. The van der Waals surface area contributed by atoms with E-state index in [-0.39, 0.29) is 17.4 Å². The molecule has 1 fully saturated rings. The maximum Gasteiger partial charge on any atom is 0.329 e. The summed E-state index contributed by atoms with van der Waals surface area (Å²) in [6, 6.07) is 7.89. The molecule has 2 N–H and O–H groups in total. The average molecular weight is 352 g/mol. The third-order valence-corrected chi connectivity index (χ3v) is 4.97. The van der Waals surface area contributed by atoms with Crippen molar-refractivity contribution in [2.75, 3.05) is 18.0 Å². The minimum absolute atomic E-state index is 0.00629. The fraction of sp³-hybridized carbons (Fsp3) is 0.333. The van der Waals surface area contributed by atoms with Crippen LogP contribution < -0.4 is 16.3 Å². The molecular formula is C18H20N6O2. The van der Waals surface area contributed by atoms with Crippen LogP contribution in [0.1, 0.15) is 29.4 Å². The fourth-order valence-electron chi connectivity index (χ4n) is 3.66. The van der Waals surface area contributed by atoms with E-state index in [0.29, 0.717) is 12.4 Å². The third kappa shape index (κ3) is 2.63. The van der Waals surface area contributed by atoms with Crippen LogP contribution in [0.4, 0.5) is 5.82 Å². The van der Waals surface area contributed by atoms with Crippen molar-refractivity contribution in [3.05, 3.63) is 52.8 Å². The molecule has 1 aromatic carbocycles. The molecule has 2 aromatic heterocycles. The molecule has 1 amide bonds. The number of piperidine rings is 1. The van der Waals surface area contributed by atoms with Gasteiger partial charge in [0.15, 0.2) is 0 Å². The Morgan fingerprint density at radius 1 is 1.19 bits per heavy atom. The van der Waals surface area contributed by atoms with Crippen molar-refractivity contribution in [2.24, 2.45) is 12.8 Å². The zero-order valence-corrected chi connectivity index (χ0v) is 14.5. The highest BCUT2D eigenvalue weighted by atomic mass is 16.2. The summed E-state index contributed by atoms with van der Waals surface area (Å²) in [6.45, 7) is 1.50. The highest BCUT2D eigenvalue weighted by Gasteiger charge is 2.26. The maximum atomic E-state index is 12.8. The van der Waals surface area contributed by atoms with Crippen molar-refractivity contribution in [1.82, 2.24) is 19.1 Å². The number of carbonyl (C=O) groups excluding carboxylic acids is 1. The molecule has 4 rings (SSSR count). The fourth-order valence-corrected chi connectivity index (χ4v) is 3.66. The van der Waals surface area contributed by atoms with E-state index in [4.69, 9.17) is 5.73 Å². The van der Waals surface area contributed by atoms with Crippen molar-refractivity contribution < 1.29 is 4.79 Å². The van der Waals surface area contributed by atoms with Crippen LogP contribution in [0.2, 0.25) is 0 Å². The first-order valence-electron chi connectivity index (χ1n) is 8.59. The number of rotatable bonds is 3. The van der Waals surface area contributed by atoms with Crippen molar-refractivity contribution in [3.63, 3.8) is 0 Å². The number of para-hydroxylation sites is 2. The van der Waals surface area contributed by atoms with Gasteiger partial charge in [-0.25, -0.2) is 14.8 Å². The lowest BCUT2D eigenvalue weighted by Gasteiger charge is -2.34. The van der Waals surface area contributed by atoms with E-state index >= 15 is 0 Å². The van der Waals surface area contributed by atoms with Gasteiger partial charge in [0.1, 0.15) is 11.5 Å². The molecule has 8 heteroatoms. The lowest BCUT2D eigenvalue weighted by molar-refractivity contribution is 0.0995. The number of hydrogen-bond acceptors (Lipinski definition) is 5. The van der Waals surface area contributed by atoms with Gasteiger partial charge < -0.3 is 10.6 Å². The molecule has 0 radical (unpaired) electrons. The standard InChI is InChI=1S/C18H20N6O2/c1-22-14-6-2-3-7-15(14)24(18(22)26)12-5-4-8-23(11-12)16-10-20-13(9-21-16)17(19)25/h2-3,6-7,9-10,12H,4-5,8,11H2,1H3,(H2,19,25). The lowest BCUT2D eigenvalue weighted by atomic mass is 10.1. The van der Waals surface area contributed by atoms with E-state index in [1.54, 1.807) is 17.8 Å². The first-order chi connectivity index (χ1) is 12.6. The summed E-state index contributed by atoms with van der Waals surface area (Å²) in [4.78, 5) is 34.4. The number of carbonyl (C=O) groups is 1. The third-order valence-electron chi connectivity index (χ3n) is 4.97. The maximum absolute atomic E-state index is 12.8. The number of imidazole rings is 1. The molecule has 1 unspecified atom stereocenters. The van der Waals surface area contributed by atoms with Crippen LogP contribution >= 0.6 is 0 Å². The van der Waals surface area contributed by atoms with Crippen molar-refractivity contribution in [3.8, 4) is 0 Å². The van der Waals surface area contributed by atoms with Crippen molar-refractivity contribution in [2.45, 2.75) is 18.9 Å². The van der Waals surface area contributed by atoms with Crippen molar-refractivity contribution in [1.29, 1.82) is 0 Å². The summed E-state index contributed by atoms with van der Waals surface area (Å²) >= 11 is 0.